The summed E-state index contributed by atoms with van der Waals surface area (Å²) >= 11 is 1.76. The molecule has 0 aromatic heterocycles. The second-order valence-electron chi connectivity index (χ2n) is 9.16. The molecule has 198 valence electrons. The fraction of sp³-hybridized carbons (Fsp3) is 0.538. The molecule has 2 heterocycles. The number of rotatable bonds is 13. The average Bonchev–Trinajstić information content (AvgIpc) is 2.87. The van der Waals surface area contributed by atoms with E-state index in [1.165, 1.54) is 15.5 Å². The lowest BCUT2D eigenvalue weighted by Gasteiger charge is -2.36. The first-order valence-electron chi connectivity index (χ1n) is 12.6. The Morgan fingerprint density at radius 2 is 1.50 bits per heavy atom. The van der Waals surface area contributed by atoms with Crippen molar-refractivity contribution in [1.29, 1.82) is 0 Å². The number of hydrogen-bond donors (Lipinski definition) is 1. The molecular formula is C26H38FN3O3P2S. The number of nitrogens with zero attached hydrogens (tertiary/aromatic N) is 3. The number of aliphatic hydroxyl groups is 1. The summed E-state index contributed by atoms with van der Waals surface area (Å²) in [6, 6.07) is 14.4. The van der Waals surface area contributed by atoms with E-state index < -0.39 is 5.15 Å². The van der Waals surface area contributed by atoms with Gasteiger partial charge in [0, 0.05) is 49.1 Å². The first kappa shape index (κ1) is 28.2. The second kappa shape index (κ2) is 13.8. The SMILES string of the molecule is OCCOCCOCCN1CCN(CCCN2c3ccccc3Sc3ccc(C(F)(P)P)cc32)CC1. The number of halogens is 1. The van der Waals surface area contributed by atoms with Crippen LogP contribution in [-0.2, 0) is 14.6 Å². The lowest BCUT2D eigenvalue weighted by atomic mass is 10.1. The molecule has 2 aromatic rings. The number of ether oxygens (including phenoxy) is 2. The van der Waals surface area contributed by atoms with Gasteiger partial charge < -0.3 is 24.4 Å². The Bertz CT molecular complexity index is 974. The van der Waals surface area contributed by atoms with Gasteiger partial charge in [0.2, 0.25) is 0 Å². The Morgan fingerprint density at radius 3 is 2.22 bits per heavy atom. The summed E-state index contributed by atoms with van der Waals surface area (Å²) in [5.41, 5.74) is 2.95. The third-order valence-corrected chi connectivity index (χ3v) is 8.35. The highest BCUT2D eigenvalue weighted by Gasteiger charge is 2.27. The molecule has 0 amide bonds. The van der Waals surface area contributed by atoms with Crippen molar-refractivity contribution in [3.05, 3.63) is 48.0 Å². The molecule has 2 unspecified atom stereocenters. The van der Waals surface area contributed by atoms with Crippen molar-refractivity contribution in [2.24, 2.45) is 0 Å². The molecule has 10 heteroatoms. The summed E-state index contributed by atoms with van der Waals surface area (Å²) in [5.74, 6) is 0. The zero-order valence-corrected chi connectivity index (χ0v) is 23.9. The van der Waals surface area contributed by atoms with E-state index in [0.717, 1.165) is 57.9 Å². The maximum atomic E-state index is 14.7. The first-order chi connectivity index (χ1) is 17.5. The standard InChI is InChI=1S/C26H38FN3O3P2S/c27-26(34,35)21-6-7-25-23(20-21)30(22-4-1-2-5-24(22)36-25)9-3-8-28-10-12-29(13-11-28)14-16-32-18-19-33-17-15-31/h1-2,4-7,20,31H,3,8-19,34-35H2. The van der Waals surface area contributed by atoms with Crippen LogP contribution in [0.2, 0.25) is 0 Å². The van der Waals surface area contributed by atoms with Gasteiger partial charge in [0.25, 0.3) is 0 Å². The van der Waals surface area contributed by atoms with Crippen LogP contribution in [0.15, 0.2) is 52.3 Å². The van der Waals surface area contributed by atoms with E-state index >= 15 is 0 Å². The molecule has 4 rings (SSSR count). The number of benzene rings is 2. The molecule has 2 aliphatic rings. The lowest BCUT2D eigenvalue weighted by Crippen LogP contribution is -2.47. The quantitative estimate of drug-likeness (QED) is 0.296. The van der Waals surface area contributed by atoms with E-state index in [9.17, 15) is 4.39 Å². The number of para-hydroxylation sites is 1. The van der Waals surface area contributed by atoms with E-state index in [0.29, 0.717) is 32.0 Å². The minimum Gasteiger partial charge on any atom is -0.394 e. The number of anilines is 2. The van der Waals surface area contributed by atoms with E-state index in [1.54, 1.807) is 11.8 Å². The van der Waals surface area contributed by atoms with Crippen molar-refractivity contribution < 1.29 is 19.0 Å². The highest BCUT2D eigenvalue weighted by atomic mass is 32.2. The van der Waals surface area contributed by atoms with Crippen LogP contribution in [0.1, 0.15) is 12.0 Å². The summed E-state index contributed by atoms with van der Waals surface area (Å²) in [6.07, 6.45) is 1.04. The fourth-order valence-electron chi connectivity index (χ4n) is 4.58. The van der Waals surface area contributed by atoms with Crippen LogP contribution >= 0.6 is 30.2 Å². The highest BCUT2D eigenvalue weighted by molar-refractivity contribution is 7.99. The van der Waals surface area contributed by atoms with E-state index in [4.69, 9.17) is 14.6 Å². The van der Waals surface area contributed by atoms with Gasteiger partial charge >= 0.3 is 0 Å². The molecule has 0 saturated carbocycles. The molecule has 2 aliphatic heterocycles. The van der Waals surface area contributed by atoms with E-state index in [2.05, 4.69) is 57.4 Å². The van der Waals surface area contributed by atoms with Crippen LogP contribution in [0.4, 0.5) is 15.8 Å². The van der Waals surface area contributed by atoms with Crippen LogP contribution in [0.3, 0.4) is 0 Å². The molecule has 2 aromatic carbocycles. The van der Waals surface area contributed by atoms with Crippen LogP contribution < -0.4 is 4.90 Å². The molecule has 0 radical (unpaired) electrons. The largest absolute Gasteiger partial charge is 0.394 e. The van der Waals surface area contributed by atoms with Crippen molar-refractivity contribution in [2.45, 2.75) is 21.4 Å². The number of alkyl halides is 1. The predicted molar refractivity (Wildman–Crippen MR) is 152 cm³/mol. The molecule has 0 spiro atoms. The average molecular weight is 554 g/mol. The zero-order chi connectivity index (χ0) is 25.4. The zero-order valence-electron chi connectivity index (χ0n) is 20.8. The molecule has 0 aliphatic carbocycles. The predicted octanol–water partition coefficient (Wildman–Crippen LogP) is 4.15. The van der Waals surface area contributed by atoms with Gasteiger partial charge in [-0.1, -0.05) is 48.4 Å². The number of piperazine rings is 1. The molecule has 2 atom stereocenters. The summed E-state index contributed by atoms with van der Waals surface area (Å²) in [4.78, 5) is 9.78. The summed E-state index contributed by atoms with van der Waals surface area (Å²) in [7, 11) is 4.56. The minimum absolute atomic E-state index is 0.0544. The molecule has 0 bridgehead atoms. The third-order valence-electron chi connectivity index (χ3n) is 6.55. The number of hydrogen-bond acceptors (Lipinski definition) is 7. The maximum Gasteiger partial charge on any atom is 0.160 e. The lowest BCUT2D eigenvalue weighted by molar-refractivity contribution is 0.0218. The molecule has 6 nitrogen and oxygen atoms in total. The third kappa shape index (κ3) is 7.85. The van der Waals surface area contributed by atoms with Crippen LogP contribution in [0.25, 0.3) is 0 Å². The smallest absolute Gasteiger partial charge is 0.160 e. The van der Waals surface area contributed by atoms with Gasteiger partial charge in [0.05, 0.1) is 44.4 Å². The molecule has 1 fully saturated rings. The summed E-state index contributed by atoms with van der Waals surface area (Å²) in [6.45, 7) is 9.37. The van der Waals surface area contributed by atoms with Crippen LogP contribution in [0, 0.1) is 0 Å². The molecular weight excluding hydrogens is 515 g/mol. The van der Waals surface area contributed by atoms with Crippen molar-refractivity contribution in [3.63, 3.8) is 0 Å². The Morgan fingerprint density at radius 1 is 0.833 bits per heavy atom. The Labute approximate surface area is 223 Å². The van der Waals surface area contributed by atoms with E-state index in [-0.39, 0.29) is 6.61 Å². The minimum atomic E-state index is -1.53. The Balaban J connectivity index is 1.25. The monoisotopic (exact) mass is 553 g/mol. The second-order valence-corrected chi connectivity index (χ2v) is 12.6. The number of fused-ring (bicyclic) bond motifs is 2. The Hall–Kier alpha value is -0.820. The first-order valence-corrected chi connectivity index (χ1v) is 14.6. The number of aliphatic hydroxyl groups excluding tert-OH is 1. The molecule has 1 N–H and O–H groups in total. The van der Waals surface area contributed by atoms with Gasteiger partial charge in [0.15, 0.2) is 5.15 Å². The van der Waals surface area contributed by atoms with Gasteiger partial charge in [0.1, 0.15) is 0 Å². The van der Waals surface area contributed by atoms with Crippen molar-refractivity contribution in [1.82, 2.24) is 9.80 Å². The van der Waals surface area contributed by atoms with Gasteiger partial charge in [-0.15, -0.1) is 0 Å². The maximum absolute atomic E-state index is 14.7. The fourth-order valence-corrected chi connectivity index (χ4v) is 6.01. The molecule has 1 saturated heterocycles. The van der Waals surface area contributed by atoms with Gasteiger partial charge in [-0.05, 0) is 42.8 Å². The normalized spacial score (nSPS) is 16.7. The topological polar surface area (TPSA) is 48.4 Å². The van der Waals surface area contributed by atoms with Crippen molar-refractivity contribution in [2.75, 3.05) is 83.7 Å². The molecule has 36 heavy (non-hydrogen) atoms. The van der Waals surface area contributed by atoms with Crippen molar-refractivity contribution >= 4 is 41.6 Å². The van der Waals surface area contributed by atoms with Gasteiger partial charge in [-0.25, -0.2) is 4.39 Å². The Kier molecular flexibility index (Phi) is 10.8. The van der Waals surface area contributed by atoms with Crippen LogP contribution in [0.5, 0.6) is 0 Å². The van der Waals surface area contributed by atoms with Gasteiger partial charge in [-0.3, -0.25) is 4.90 Å². The van der Waals surface area contributed by atoms with Crippen LogP contribution in [-0.4, -0.2) is 93.8 Å². The highest BCUT2D eigenvalue weighted by Crippen LogP contribution is 2.50. The van der Waals surface area contributed by atoms with Gasteiger partial charge in [-0.2, -0.15) is 0 Å². The van der Waals surface area contributed by atoms with Crippen molar-refractivity contribution in [3.8, 4) is 0 Å². The van der Waals surface area contributed by atoms with E-state index in [1.807, 2.05) is 18.2 Å². The summed E-state index contributed by atoms with van der Waals surface area (Å²) < 4.78 is 25.5. The summed E-state index contributed by atoms with van der Waals surface area (Å²) in [5, 5.41) is 7.18.